The number of fused-ring (bicyclic) bond motifs is 1. The fraction of sp³-hybridized carbons (Fsp3) is 0.308. The molecule has 1 aliphatic heterocycles. The minimum absolute atomic E-state index is 0.283. The number of phosphoric ester groups is 1. The lowest BCUT2D eigenvalue weighted by Gasteiger charge is -2.28. The largest absolute Gasteiger partial charge is 0.473 e. The smallest absolute Gasteiger partial charge is 0.378 e. The molecule has 0 bridgehead atoms. The van der Waals surface area contributed by atoms with E-state index in [9.17, 15) is 31.8 Å². The van der Waals surface area contributed by atoms with Crippen molar-refractivity contribution in [2.75, 3.05) is 38.3 Å². The van der Waals surface area contributed by atoms with Crippen molar-refractivity contribution in [1.29, 1.82) is 0 Å². The van der Waals surface area contributed by atoms with Crippen LogP contribution in [-0.4, -0.2) is 52.4 Å². The molecule has 1 unspecified atom stereocenters. The van der Waals surface area contributed by atoms with Gasteiger partial charge in [-0.05, 0) is 23.8 Å². The molecule has 0 spiro atoms. The van der Waals surface area contributed by atoms with Crippen molar-refractivity contribution in [2.24, 2.45) is 0 Å². The predicted octanol–water partition coefficient (Wildman–Crippen LogP) is 4.63. The van der Waals surface area contributed by atoms with Gasteiger partial charge in [0.05, 0.1) is 37.2 Å². The van der Waals surface area contributed by atoms with Gasteiger partial charge in [-0.25, -0.2) is 13.9 Å². The summed E-state index contributed by atoms with van der Waals surface area (Å²) in [6.07, 6.45) is -0.247. The molecule has 1 N–H and O–H groups in total. The number of benzene rings is 1. The van der Waals surface area contributed by atoms with Gasteiger partial charge in [0.25, 0.3) is 5.56 Å². The third-order valence-electron chi connectivity index (χ3n) is 6.70. The van der Waals surface area contributed by atoms with Gasteiger partial charge < -0.3 is 23.7 Å². The maximum atomic E-state index is 14.6. The van der Waals surface area contributed by atoms with Crippen LogP contribution in [0.2, 0.25) is 0 Å². The van der Waals surface area contributed by atoms with Crippen molar-refractivity contribution in [2.45, 2.75) is 19.5 Å². The summed E-state index contributed by atoms with van der Waals surface area (Å²) in [5.74, 6) is -1.43. The van der Waals surface area contributed by atoms with Crippen molar-refractivity contribution >= 4 is 24.5 Å². The number of anilines is 1. The zero-order valence-corrected chi connectivity index (χ0v) is 22.6. The Labute approximate surface area is 230 Å². The van der Waals surface area contributed by atoms with E-state index in [-0.39, 0.29) is 12.3 Å². The van der Waals surface area contributed by atoms with E-state index in [0.29, 0.717) is 54.5 Å². The summed E-state index contributed by atoms with van der Waals surface area (Å²) in [6, 6.07) is 7.64. The van der Waals surface area contributed by atoms with E-state index in [1.165, 1.54) is 22.9 Å². The molecular weight excluding hydrogens is 571 g/mol. The molecule has 218 valence electrons. The van der Waals surface area contributed by atoms with Crippen molar-refractivity contribution in [1.82, 2.24) is 14.1 Å². The van der Waals surface area contributed by atoms with E-state index < -0.39 is 37.5 Å². The molecule has 0 radical (unpaired) electrons. The van der Waals surface area contributed by atoms with E-state index in [4.69, 9.17) is 9.26 Å². The summed E-state index contributed by atoms with van der Waals surface area (Å²) >= 11 is 0. The van der Waals surface area contributed by atoms with Gasteiger partial charge in [0.15, 0.2) is 0 Å². The van der Waals surface area contributed by atoms with Crippen LogP contribution < -0.4 is 10.5 Å². The Kier molecular flexibility index (Phi) is 8.04. The first-order valence-corrected chi connectivity index (χ1v) is 13.9. The van der Waals surface area contributed by atoms with Gasteiger partial charge in [-0.3, -0.25) is 13.8 Å². The molecule has 1 aromatic carbocycles. The number of phosphoric acid groups is 1. The monoisotopic (exact) mass is 596 g/mol. The molecule has 10 nitrogen and oxygen atoms in total. The zero-order chi connectivity index (χ0) is 29.4. The maximum Gasteiger partial charge on any atom is 0.473 e. The van der Waals surface area contributed by atoms with Gasteiger partial charge in [-0.1, -0.05) is 12.1 Å². The topological polar surface area (TPSA) is 108 Å². The van der Waals surface area contributed by atoms with Crippen molar-refractivity contribution in [3.63, 3.8) is 0 Å². The van der Waals surface area contributed by atoms with E-state index >= 15 is 0 Å². The molecule has 0 aliphatic carbocycles. The minimum atomic E-state index is -4.87. The molecular formula is C26H25F4N4O6P. The van der Waals surface area contributed by atoms with E-state index in [1.54, 1.807) is 18.5 Å². The molecule has 41 heavy (non-hydrogen) atoms. The number of halogens is 4. The first-order valence-electron chi connectivity index (χ1n) is 12.4. The Morgan fingerprint density at radius 2 is 1.90 bits per heavy atom. The lowest BCUT2D eigenvalue weighted by atomic mass is 10.1. The van der Waals surface area contributed by atoms with Crippen molar-refractivity contribution in [3.05, 3.63) is 82.3 Å². The van der Waals surface area contributed by atoms with Crippen LogP contribution in [0.4, 0.5) is 23.2 Å². The lowest BCUT2D eigenvalue weighted by molar-refractivity contribution is -0.140. The van der Waals surface area contributed by atoms with Crippen LogP contribution in [0.1, 0.15) is 11.1 Å². The molecule has 15 heteroatoms. The molecule has 4 aromatic rings. The standard InChI is InChI=1S/C26H25F4N4O6P/c1-38-41(36,37)40-16-34-15-21(20-12-19(13-31-25(20)34)32-7-9-39-10-8-32)17-5-6-33(23(35)11-17)14-18-3-2-4-22(24(18)27)26(28,29)30/h2-6,11-13,15H,7-10,14,16H2,1H3,(H,36,37). The molecule has 1 fully saturated rings. The molecule has 0 saturated carbocycles. The number of hydrogen-bond donors (Lipinski definition) is 1. The Morgan fingerprint density at radius 3 is 2.59 bits per heavy atom. The first-order chi connectivity index (χ1) is 19.5. The van der Waals surface area contributed by atoms with Crippen LogP contribution in [0.5, 0.6) is 0 Å². The highest BCUT2D eigenvalue weighted by molar-refractivity contribution is 7.47. The maximum absolute atomic E-state index is 14.6. The Bertz CT molecular complexity index is 1680. The third-order valence-corrected chi connectivity index (χ3v) is 7.60. The summed E-state index contributed by atoms with van der Waals surface area (Å²) in [7, 11) is -3.27. The third kappa shape index (κ3) is 6.21. The highest BCUT2D eigenvalue weighted by Crippen LogP contribution is 2.43. The SMILES string of the molecule is COP(=O)(O)OCn1cc(-c2ccn(Cc3cccc(C(F)(F)F)c3F)c(=O)c2)c2cc(N3CCOCC3)cnc21. The molecule has 0 amide bonds. The fourth-order valence-corrected chi connectivity index (χ4v) is 4.96. The van der Waals surface area contributed by atoms with Crippen LogP contribution in [0.25, 0.3) is 22.2 Å². The van der Waals surface area contributed by atoms with Gasteiger partial charge in [-0.15, -0.1) is 0 Å². The second-order valence-electron chi connectivity index (χ2n) is 9.24. The van der Waals surface area contributed by atoms with Gasteiger partial charge in [-0.2, -0.15) is 13.2 Å². The fourth-order valence-electron chi connectivity index (χ4n) is 4.58. The zero-order valence-electron chi connectivity index (χ0n) is 21.7. The molecule has 1 aliphatic rings. The van der Waals surface area contributed by atoms with Crippen LogP contribution in [0.3, 0.4) is 0 Å². The van der Waals surface area contributed by atoms with Crippen LogP contribution in [0.15, 0.2) is 59.8 Å². The number of ether oxygens (including phenoxy) is 1. The number of hydrogen-bond acceptors (Lipinski definition) is 7. The van der Waals surface area contributed by atoms with Gasteiger partial charge >= 0.3 is 14.0 Å². The number of pyridine rings is 2. The normalized spacial score (nSPS) is 15.8. The van der Waals surface area contributed by atoms with E-state index in [0.717, 1.165) is 23.4 Å². The number of alkyl halides is 3. The van der Waals surface area contributed by atoms with Gasteiger partial charge in [0.1, 0.15) is 18.2 Å². The number of nitrogens with zero attached hydrogens (tertiary/aromatic N) is 4. The summed E-state index contributed by atoms with van der Waals surface area (Å²) in [4.78, 5) is 29.3. The van der Waals surface area contributed by atoms with E-state index in [1.807, 2.05) is 6.07 Å². The number of morpholine rings is 1. The number of rotatable bonds is 8. The molecule has 3 aromatic heterocycles. The van der Waals surface area contributed by atoms with Gasteiger partial charge in [0.2, 0.25) is 0 Å². The Morgan fingerprint density at radius 1 is 1.15 bits per heavy atom. The van der Waals surface area contributed by atoms with Crippen molar-refractivity contribution < 1.29 is 40.8 Å². The van der Waals surface area contributed by atoms with Crippen molar-refractivity contribution in [3.8, 4) is 11.1 Å². The first kappa shape index (κ1) is 29.0. The van der Waals surface area contributed by atoms with Crippen LogP contribution in [-0.2, 0) is 37.8 Å². The second-order valence-corrected chi connectivity index (χ2v) is 10.8. The van der Waals surface area contributed by atoms with E-state index in [2.05, 4.69) is 14.4 Å². The van der Waals surface area contributed by atoms with Crippen LogP contribution >= 0.6 is 7.82 Å². The average Bonchev–Trinajstić information content (AvgIpc) is 3.32. The molecule has 1 atom stereocenters. The summed E-state index contributed by atoms with van der Waals surface area (Å²) in [5.41, 5.74) is -0.0612. The summed E-state index contributed by atoms with van der Waals surface area (Å²) in [5, 5.41) is 0.615. The van der Waals surface area contributed by atoms with Crippen LogP contribution in [0, 0.1) is 5.82 Å². The predicted molar refractivity (Wildman–Crippen MR) is 141 cm³/mol. The Hall–Kier alpha value is -3.55. The molecule has 5 rings (SSSR count). The minimum Gasteiger partial charge on any atom is -0.378 e. The number of aromatic nitrogens is 3. The average molecular weight is 596 g/mol. The Balaban J connectivity index is 1.52. The molecule has 4 heterocycles. The molecule has 1 saturated heterocycles. The quantitative estimate of drug-likeness (QED) is 0.232. The second kappa shape index (κ2) is 11.4. The summed E-state index contributed by atoms with van der Waals surface area (Å²) < 4.78 is 83.4. The van der Waals surface area contributed by atoms with Gasteiger partial charge in [0, 0.05) is 55.2 Å². The lowest BCUT2D eigenvalue weighted by Crippen LogP contribution is -2.36. The highest BCUT2D eigenvalue weighted by Gasteiger charge is 2.34. The highest BCUT2D eigenvalue weighted by atomic mass is 31.2. The summed E-state index contributed by atoms with van der Waals surface area (Å²) in [6.45, 7) is 1.61.